The number of hydrogen-bond donors (Lipinski definition) is 2. The molecular weight excluding hydrogens is 286 g/mol. The second-order valence-electron chi connectivity index (χ2n) is 5.02. The van der Waals surface area contributed by atoms with E-state index in [9.17, 15) is 19.2 Å². The Balaban J connectivity index is 4.07. The Hall–Kier alpha value is -2.32. The van der Waals surface area contributed by atoms with Crippen LogP contribution in [0.15, 0.2) is 0 Å². The molecule has 0 aromatic carbocycles. The normalized spacial score (nSPS) is 12.0. The molecule has 0 bridgehead atoms. The fourth-order valence-corrected chi connectivity index (χ4v) is 1.02. The average Bonchev–Trinajstić information content (AvgIpc) is 2.22. The number of rotatable bonds is 5. The summed E-state index contributed by atoms with van der Waals surface area (Å²) < 4.78 is 13.7. The van der Waals surface area contributed by atoms with Crippen LogP contribution >= 0.6 is 0 Å². The van der Waals surface area contributed by atoms with Crippen molar-refractivity contribution in [1.82, 2.24) is 5.32 Å². The van der Waals surface area contributed by atoms with Gasteiger partial charge in [-0.1, -0.05) is 0 Å². The predicted octanol–water partition coefficient (Wildman–Crippen LogP) is 1.40. The summed E-state index contributed by atoms with van der Waals surface area (Å²) in [7, 11) is 0. The number of esters is 1. The first kappa shape index (κ1) is 18.7. The van der Waals surface area contributed by atoms with Gasteiger partial charge in [-0.3, -0.25) is 14.9 Å². The minimum absolute atomic E-state index is 0.460. The van der Waals surface area contributed by atoms with Gasteiger partial charge in [-0.2, -0.15) is 0 Å². The Kier molecular flexibility index (Phi) is 7.18. The molecule has 0 rings (SSSR count). The van der Waals surface area contributed by atoms with Crippen LogP contribution in [-0.2, 0) is 23.8 Å². The molecule has 0 aromatic rings. The Labute approximate surface area is 121 Å². The van der Waals surface area contributed by atoms with Gasteiger partial charge in [0.1, 0.15) is 5.60 Å². The van der Waals surface area contributed by atoms with Crippen LogP contribution in [0.4, 0.5) is 9.59 Å². The van der Waals surface area contributed by atoms with E-state index in [-0.39, 0.29) is 0 Å². The van der Waals surface area contributed by atoms with E-state index < -0.39 is 48.9 Å². The first-order chi connectivity index (χ1) is 9.49. The summed E-state index contributed by atoms with van der Waals surface area (Å²) in [5.41, 5.74) is -0.711. The summed E-state index contributed by atoms with van der Waals surface area (Å²) in [6, 6.07) is 0. The quantitative estimate of drug-likeness (QED) is 0.443. The Bertz CT molecular complexity index is 412. The third kappa shape index (κ3) is 11.2. The van der Waals surface area contributed by atoms with E-state index in [0.717, 1.165) is 0 Å². The van der Waals surface area contributed by atoms with Crippen LogP contribution in [0.2, 0.25) is 0 Å². The molecule has 21 heavy (non-hydrogen) atoms. The Morgan fingerprint density at radius 3 is 2.19 bits per heavy atom. The van der Waals surface area contributed by atoms with Gasteiger partial charge in [0.05, 0.1) is 12.8 Å². The van der Waals surface area contributed by atoms with Gasteiger partial charge in [-0.05, 0) is 27.7 Å². The van der Waals surface area contributed by atoms with E-state index in [1.54, 1.807) is 20.8 Å². The lowest BCUT2D eigenvalue weighted by molar-refractivity contribution is -0.145. The average molecular weight is 305 g/mol. The van der Waals surface area contributed by atoms with Crippen molar-refractivity contribution < 1.29 is 38.5 Å². The van der Waals surface area contributed by atoms with E-state index in [1.165, 1.54) is 6.92 Å². The number of aliphatic carboxylic acids is 1. The van der Waals surface area contributed by atoms with Gasteiger partial charge in [0, 0.05) is 0 Å². The number of ether oxygens (including phenoxy) is 3. The minimum Gasteiger partial charge on any atom is -0.481 e. The molecule has 1 unspecified atom stereocenters. The fraction of sp³-hybridized carbons (Fsp3) is 0.667. The van der Waals surface area contributed by atoms with Crippen LogP contribution in [0.5, 0.6) is 0 Å². The zero-order chi connectivity index (χ0) is 16.6. The van der Waals surface area contributed by atoms with Gasteiger partial charge in [0.15, 0.2) is 6.23 Å². The van der Waals surface area contributed by atoms with E-state index >= 15 is 0 Å². The molecule has 9 heteroatoms. The summed E-state index contributed by atoms with van der Waals surface area (Å²) in [4.78, 5) is 43.8. The number of carboxylic acid groups (broad SMARTS) is 1. The first-order valence-corrected chi connectivity index (χ1v) is 6.12. The van der Waals surface area contributed by atoms with Crippen molar-refractivity contribution in [3.8, 4) is 0 Å². The molecule has 120 valence electrons. The van der Waals surface area contributed by atoms with Gasteiger partial charge < -0.3 is 19.3 Å². The van der Waals surface area contributed by atoms with Gasteiger partial charge >= 0.3 is 24.2 Å². The van der Waals surface area contributed by atoms with Crippen LogP contribution in [0.25, 0.3) is 0 Å². The van der Waals surface area contributed by atoms with E-state index in [0.29, 0.717) is 0 Å². The highest BCUT2D eigenvalue weighted by Crippen LogP contribution is 2.07. The topological polar surface area (TPSA) is 128 Å². The maximum Gasteiger partial charge on any atom is 0.518 e. The van der Waals surface area contributed by atoms with Crippen LogP contribution in [0.1, 0.15) is 40.5 Å². The standard InChI is InChI=1S/C12H19NO8/c1-7(13-10(17)21-12(2,3)4)19-11(18)20-9(16)6-5-8(14)15/h7H,5-6H2,1-4H3,(H,13,17)(H,14,15). The van der Waals surface area contributed by atoms with Crippen molar-refractivity contribution in [2.75, 3.05) is 0 Å². The monoisotopic (exact) mass is 305 g/mol. The molecule has 0 saturated carbocycles. The van der Waals surface area contributed by atoms with Crippen LogP contribution in [0, 0.1) is 0 Å². The summed E-state index contributed by atoms with van der Waals surface area (Å²) in [6.45, 7) is 6.31. The molecular formula is C12H19NO8. The number of nitrogens with one attached hydrogen (secondary N) is 1. The molecule has 9 nitrogen and oxygen atoms in total. The lowest BCUT2D eigenvalue weighted by atomic mass is 10.2. The Morgan fingerprint density at radius 1 is 1.14 bits per heavy atom. The highest BCUT2D eigenvalue weighted by Gasteiger charge is 2.21. The predicted molar refractivity (Wildman–Crippen MR) is 68.3 cm³/mol. The Morgan fingerprint density at radius 2 is 1.71 bits per heavy atom. The molecule has 0 aliphatic heterocycles. The number of hydrogen-bond acceptors (Lipinski definition) is 7. The van der Waals surface area contributed by atoms with Crippen LogP contribution in [0.3, 0.4) is 0 Å². The summed E-state index contributed by atoms with van der Waals surface area (Å²) >= 11 is 0. The maximum atomic E-state index is 11.4. The highest BCUT2D eigenvalue weighted by atomic mass is 16.7. The third-order valence-corrected chi connectivity index (χ3v) is 1.73. The largest absolute Gasteiger partial charge is 0.518 e. The molecule has 0 saturated heterocycles. The minimum atomic E-state index is -1.34. The van der Waals surface area contributed by atoms with E-state index in [1.807, 2.05) is 0 Å². The van der Waals surface area contributed by atoms with Crippen LogP contribution in [-0.4, -0.2) is 41.1 Å². The number of carbonyl (C=O) groups is 4. The number of alkyl carbamates (subject to hydrolysis) is 1. The van der Waals surface area contributed by atoms with E-state index in [4.69, 9.17) is 9.84 Å². The molecule has 1 amide bonds. The molecule has 0 radical (unpaired) electrons. The second-order valence-corrected chi connectivity index (χ2v) is 5.02. The molecule has 0 aliphatic rings. The fourth-order valence-electron chi connectivity index (χ4n) is 1.02. The van der Waals surface area contributed by atoms with Gasteiger partial charge in [-0.25, -0.2) is 9.59 Å². The van der Waals surface area contributed by atoms with Crippen molar-refractivity contribution in [3.63, 3.8) is 0 Å². The SMILES string of the molecule is CC(NC(=O)OC(C)(C)C)OC(=O)OC(=O)CCC(=O)O. The van der Waals surface area contributed by atoms with E-state index in [2.05, 4.69) is 14.8 Å². The van der Waals surface area contributed by atoms with Gasteiger partial charge in [-0.15, -0.1) is 0 Å². The molecule has 0 aliphatic carbocycles. The summed E-state index contributed by atoms with van der Waals surface area (Å²) in [6.07, 6.45) is -4.15. The lowest BCUT2D eigenvalue weighted by Gasteiger charge is -2.21. The molecule has 0 spiro atoms. The number of amides is 1. The number of carbonyl (C=O) groups excluding carboxylic acids is 3. The van der Waals surface area contributed by atoms with Crippen molar-refractivity contribution in [2.45, 2.75) is 52.4 Å². The molecule has 0 fully saturated rings. The summed E-state index contributed by atoms with van der Waals surface area (Å²) in [5.74, 6) is -2.23. The molecule has 0 heterocycles. The highest BCUT2D eigenvalue weighted by molar-refractivity contribution is 5.84. The maximum absolute atomic E-state index is 11.4. The second kappa shape index (κ2) is 8.08. The van der Waals surface area contributed by atoms with Crippen molar-refractivity contribution >= 4 is 24.2 Å². The van der Waals surface area contributed by atoms with Crippen molar-refractivity contribution in [2.24, 2.45) is 0 Å². The van der Waals surface area contributed by atoms with Crippen molar-refractivity contribution in [3.05, 3.63) is 0 Å². The zero-order valence-corrected chi connectivity index (χ0v) is 12.3. The molecule has 1 atom stereocenters. The van der Waals surface area contributed by atoms with Gasteiger partial charge in [0.2, 0.25) is 0 Å². The number of carboxylic acids is 1. The zero-order valence-electron chi connectivity index (χ0n) is 12.3. The summed E-state index contributed by atoms with van der Waals surface area (Å²) in [5, 5.41) is 10.5. The third-order valence-electron chi connectivity index (χ3n) is 1.73. The molecule has 2 N–H and O–H groups in total. The lowest BCUT2D eigenvalue weighted by Crippen LogP contribution is -2.40. The van der Waals surface area contributed by atoms with Crippen molar-refractivity contribution in [1.29, 1.82) is 0 Å². The van der Waals surface area contributed by atoms with Gasteiger partial charge in [0.25, 0.3) is 0 Å². The first-order valence-electron chi connectivity index (χ1n) is 6.12. The molecule has 0 aromatic heterocycles. The van der Waals surface area contributed by atoms with Crippen LogP contribution < -0.4 is 5.32 Å². The smallest absolute Gasteiger partial charge is 0.481 e.